The Balaban J connectivity index is 1.43. The zero-order chi connectivity index (χ0) is 17.8. The molecule has 0 atom stereocenters. The SMILES string of the molecule is O=C(c1ccsc1)N1CCCN(c2cc(N3CCCCC3)ncn2)CC1. The molecule has 0 aromatic carbocycles. The Labute approximate surface area is 158 Å². The highest BCUT2D eigenvalue weighted by atomic mass is 32.1. The van der Waals surface area contributed by atoms with E-state index in [0.717, 1.165) is 62.9 Å². The zero-order valence-electron chi connectivity index (χ0n) is 15.0. The maximum Gasteiger partial charge on any atom is 0.254 e. The lowest BCUT2D eigenvalue weighted by Gasteiger charge is -2.29. The van der Waals surface area contributed by atoms with Gasteiger partial charge in [0.15, 0.2) is 0 Å². The van der Waals surface area contributed by atoms with Gasteiger partial charge in [-0.15, -0.1) is 0 Å². The van der Waals surface area contributed by atoms with E-state index in [1.807, 2.05) is 21.7 Å². The first-order chi connectivity index (χ1) is 12.8. The summed E-state index contributed by atoms with van der Waals surface area (Å²) in [4.78, 5) is 28.2. The largest absolute Gasteiger partial charge is 0.356 e. The lowest BCUT2D eigenvalue weighted by atomic mass is 10.1. The number of carbonyl (C=O) groups excluding carboxylic acids is 1. The lowest BCUT2D eigenvalue weighted by Crippen LogP contribution is -2.35. The minimum atomic E-state index is 0.143. The van der Waals surface area contributed by atoms with Crippen molar-refractivity contribution in [3.63, 3.8) is 0 Å². The van der Waals surface area contributed by atoms with Crippen LogP contribution in [0.2, 0.25) is 0 Å². The van der Waals surface area contributed by atoms with Crippen LogP contribution in [0.5, 0.6) is 0 Å². The predicted octanol–water partition coefficient (Wildman–Crippen LogP) is 2.88. The summed E-state index contributed by atoms with van der Waals surface area (Å²) in [7, 11) is 0. The molecular weight excluding hydrogens is 346 g/mol. The molecule has 0 aliphatic carbocycles. The van der Waals surface area contributed by atoms with E-state index in [1.54, 1.807) is 17.7 Å². The second-order valence-electron chi connectivity index (χ2n) is 6.93. The van der Waals surface area contributed by atoms with Gasteiger partial charge < -0.3 is 14.7 Å². The van der Waals surface area contributed by atoms with Gasteiger partial charge in [0.05, 0.1) is 5.56 Å². The Morgan fingerprint density at radius 1 is 0.885 bits per heavy atom. The van der Waals surface area contributed by atoms with Crippen molar-refractivity contribution >= 4 is 28.9 Å². The molecule has 4 rings (SSSR count). The third kappa shape index (κ3) is 3.82. The van der Waals surface area contributed by atoms with Gasteiger partial charge in [-0.05, 0) is 37.1 Å². The molecule has 2 aromatic rings. The fourth-order valence-corrected chi connectivity index (χ4v) is 4.35. The summed E-state index contributed by atoms with van der Waals surface area (Å²) in [5.41, 5.74) is 0.804. The summed E-state index contributed by atoms with van der Waals surface area (Å²) >= 11 is 1.57. The molecule has 0 bridgehead atoms. The summed E-state index contributed by atoms with van der Waals surface area (Å²) in [6.45, 7) is 5.43. The molecule has 0 spiro atoms. The number of rotatable bonds is 3. The molecule has 7 heteroatoms. The normalized spacial score (nSPS) is 18.7. The van der Waals surface area contributed by atoms with Crippen molar-refractivity contribution in [2.45, 2.75) is 25.7 Å². The van der Waals surface area contributed by atoms with Crippen molar-refractivity contribution < 1.29 is 4.79 Å². The van der Waals surface area contributed by atoms with Crippen molar-refractivity contribution in [2.24, 2.45) is 0 Å². The standard InChI is InChI=1S/C19H25N5OS/c25-19(16-5-12-26-14-16)24-9-4-8-23(10-11-24)18-13-17(20-15-21-18)22-6-2-1-3-7-22/h5,12-15H,1-4,6-11H2. The first kappa shape index (κ1) is 17.3. The molecule has 2 aliphatic heterocycles. The van der Waals surface area contributed by atoms with E-state index in [2.05, 4.69) is 25.8 Å². The van der Waals surface area contributed by atoms with Crippen LogP contribution in [0.1, 0.15) is 36.0 Å². The van der Waals surface area contributed by atoms with Crippen LogP contribution in [0.15, 0.2) is 29.2 Å². The Kier molecular flexibility index (Phi) is 5.34. The molecule has 0 radical (unpaired) electrons. The fraction of sp³-hybridized carbons (Fsp3) is 0.526. The van der Waals surface area contributed by atoms with E-state index in [1.165, 1.54) is 19.3 Å². The Bertz CT molecular complexity index is 729. The molecule has 0 unspecified atom stereocenters. The molecule has 2 fully saturated rings. The van der Waals surface area contributed by atoms with Gasteiger partial charge in [-0.1, -0.05) is 0 Å². The van der Waals surface area contributed by atoms with Gasteiger partial charge in [0.25, 0.3) is 5.91 Å². The van der Waals surface area contributed by atoms with E-state index >= 15 is 0 Å². The number of hydrogen-bond acceptors (Lipinski definition) is 6. The summed E-state index contributed by atoms with van der Waals surface area (Å²) < 4.78 is 0. The number of aromatic nitrogens is 2. The maximum atomic E-state index is 12.6. The van der Waals surface area contributed by atoms with Gasteiger partial charge in [-0.25, -0.2) is 9.97 Å². The molecule has 2 saturated heterocycles. The summed E-state index contributed by atoms with van der Waals surface area (Å²) in [6, 6.07) is 4.02. The van der Waals surface area contributed by atoms with Gasteiger partial charge in [-0.2, -0.15) is 11.3 Å². The lowest BCUT2D eigenvalue weighted by molar-refractivity contribution is 0.0767. The topological polar surface area (TPSA) is 52.6 Å². The molecule has 4 heterocycles. The summed E-state index contributed by atoms with van der Waals surface area (Å²) in [6.07, 6.45) is 6.43. The first-order valence-electron chi connectivity index (χ1n) is 9.45. The Morgan fingerprint density at radius 2 is 1.62 bits per heavy atom. The molecule has 0 N–H and O–H groups in total. The van der Waals surface area contributed by atoms with Gasteiger partial charge in [0.1, 0.15) is 18.0 Å². The van der Waals surface area contributed by atoms with Gasteiger partial charge in [-0.3, -0.25) is 4.79 Å². The first-order valence-corrected chi connectivity index (χ1v) is 10.4. The molecule has 6 nitrogen and oxygen atoms in total. The minimum absolute atomic E-state index is 0.143. The van der Waals surface area contributed by atoms with Crippen LogP contribution in [-0.4, -0.2) is 60.0 Å². The number of anilines is 2. The molecule has 1 amide bonds. The molecule has 2 aromatic heterocycles. The van der Waals surface area contributed by atoms with E-state index in [-0.39, 0.29) is 5.91 Å². The predicted molar refractivity (Wildman–Crippen MR) is 105 cm³/mol. The second kappa shape index (κ2) is 8.03. The average Bonchev–Trinajstić information content (AvgIpc) is 3.13. The Hall–Kier alpha value is -2.15. The van der Waals surface area contributed by atoms with Crippen LogP contribution >= 0.6 is 11.3 Å². The van der Waals surface area contributed by atoms with E-state index in [9.17, 15) is 4.79 Å². The highest BCUT2D eigenvalue weighted by Crippen LogP contribution is 2.22. The quantitative estimate of drug-likeness (QED) is 0.830. The van der Waals surface area contributed by atoms with Crippen molar-refractivity contribution in [1.29, 1.82) is 0 Å². The summed E-state index contributed by atoms with van der Waals surface area (Å²) in [5.74, 6) is 2.15. The number of nitrogens with zero attached hydrogens (tertiary/aromatic N) is 5. The van der Waals surface area contributed by atoms with E-state index in [4.69, 9.17) is 0 Å². The van der Waals surface area contributed by atoms with Gasteiger partial charge >= 0.3 is 0 Å². The van der Waals surface area contributed by atoms with Crippen LogP contribution in [0, 0.1) is 0 Å². The fourth-order valence-electron chi connectivity index (χ4n) is 3.72. The highest BCUT2D eigenvalue weighted by molar-refractivity contribution is 7.08. The smallest absolute Gasteiger partial charge is 0.254 e. The molecule has 0 saturated carbocycles. The highest BCUT2D eigenvalue weighted by Gasteiger charge is 2.22. The van der Waals surface area contributed by atoms with Crippen LogP contribution in [0.4, 0.5) is 11.6 Å². The van der Waals surface area contributed by atoms with Crippen molar-refractivity contribution in [3.05, 3.63) is 34.8 Å². The Morgan fingerprint density at radius 3 is 2.35 bits per heavy atom. The van der Waals surface area contributed by atoms with Gasteiger partial charge in [0, 0.05) is 50.7 Å². The van der Waals surface area contributed by atoms with Crippen LogP contribution in [0.25, 0.3) is 0 Å². The molecular formula is C19H25N5OS. The van der Waals surface area contributed by atoms with Crippen molar-refractivity contribution in [1.82, 2.24) is 14.9 Å². The molecule has 138 valence electrons. The number of thiophene rings is 1. The number of hydrogen-bond donors (Lipinski definition) is 0. The molecule has 26 heavy (non-hydrogen) atoms. The maximum absolute atomic E-state index is 12.6. The van der Waals surface area contributed by atoms with Gasteiger partial charge in [0.2, 0.25) is 0 Å². The number of amides is 1. The molecule has 2 aliphatic rings. The monoisotopic (exact) mass is 371 g/mol. The average molecular weight is 372 g/mol. The third-order valence-electron chi connectivity index (χ3n) is 5.19. The van der Waals surface area contributed by atoms with E-state index < -0.39 is 0 Å². The third-order valence-corrected chi connectivity index (χ3v) is 5.88. The van der Waals surface area contributed by atoms with Crippen LogP contribution in [0.3, 0.4) is 0 Å². The van der Waals surface area contributed by atoms with Crippen LogP contribution in [-0.2, 0) is 0 Å². The summed E-state index contributed by atoms with van der Waals surface area (Å²) in [5, 5.41) is 3.89. The van der Waals surface area contributed by atoms with Crippen LogP contribution < -0.4 is 9.80 Å². The van der Waals surface area contributed by atoms with Crippen molar-refractivity contribution in [2.75, 3.05) is 49.1 Å². The number of piperidine rings is 1. The number of carbonyl (C=O) groups is 1. The minimum Gasteiger partial charge on any atom is -0.356 e. The second-order valence-corrected chi connectivity index (χ2v) is 7.71. The van der Waals surface area contributed by atoms with E-state index in [0.29, 0.717) is 0 Å². The van der Waals surface area contributed by atoms with Crippen molar-refractivity contribution in [3.8, 4) is 0 Å². The zero-order valence-corrected chi connectivity index (χ0v) is 15.8.